The molecular weight excluding hydrogens is 320 g/mol. The number of nitrogens with one attached hydrogen (secondary N) is 1. The molecule has 1 saturated heterocycles. The molecule has 2 aromatic heterocycles. The Balaban J connectivity index is 1.68. The van der Waals surface area contributed by atoms with E-state index < -0.39 is 0 Å². The molecule has 2 atom stereocenters. The summed E-state index contributed by atoms with van der Waals surface area (Å²) in [6.07, 6.45) is 7.74. The minimum absolute atomic E-state index is 0.171. The zero-order valence-corrected chi connectivity index (χ0v) is 15.3. The summed E-state index contributed by atoms with van der Waals surface area (Å²) in [7, 11) is 5.89. The Hall–Kier alpha value is -2.35. The molecule has 1 N–H and O–H groups in total. The Morgan fingerprint density at radius 1 is 1.48 bits per heavy atom. The van der Waals surface area contributed by atoms with E-state index in [2.05, 4.69) is 33.7 Å². The van der Waals surface area contributed by atoms with E-state index in [0.717, 1.165) is 24.9 Å². The van der Waals surface area contributed by atoms with Crippen molar-refractivity contribution in [1.82, 2.24) is 24.7 Å². The van der Waals surface area contributed by atoms with E-state index in [-0.39, 0.29) is 12.1 Å². The standard InChI is InChI=1S/C17H26N6O2/c1-12-11-25-20-16(12)19-17(24)22(3)9-13-6-5-7-21(2)15(13)14-8-18-23(4)10-14/h8,10-11,13,15H,5-7,9H2,1-4H3,(H,19,20,24)/t13-,15+/m0/s1. The SMILES string of the molecule is Cc1conc1NC(=O)N(C)C[C@@H]1CCCN(C)[C@H]1c1cnn(C)c1. The van der Waals surface area contributed by atoms with Crippen LogP contribution in [0, 0.1) is 12.8 Å². The fraction of sp³-hybridized carbons (Fsp3) is 0.588. The molecule has 0 saturated carbocycles. The molecule has 25 heavy (non-hydrogen) atoms. The highest BCUT2D eigenvalue weighted by Crippen LogP contribution is 2.35. The van der Waals surface area contributed by atoms with Gasteiger partial charge in [0, 0.05) is 44.0 Å². The highest BCUT2D eigenvalue weighted by molar-refractivity contribution is 5.88. The maximum absolute atomic E-state index is 12.5. The quantitative estimate of drug-likeness (QED) is 0.919. The van der Waals surface area contributed by atoms with E-state index in [1.807, 2.05) is 31.9 Å². The molecule has 8 nitrogen and oxygen atoms in total. The first-order valence-electron chi connectivity index (χ1n) is 8.57. The van der Waals surface area contributed by atoms with Gasteiger partial charge in [0.1, 0.15) is 6.26 Å². The van der Waals surface area contributed by atoms with Gasteiger partial charge in [-0.05, 0) is 39.3 Å². The molecule has 0 bridgehead atoms. The second kappa shape index (κ2) is 7.26. The number of hydrogen-bond acceptors (Lipinski definition) is 5. The average Bonchev–Trinajstić information content (AvgIpc) is 3.16. The number of hydrogen-bond donors (Lipinski definition) is 1. The van der Waals surface area contributed by atoms with E-state index in [4.69, 9.17) is 4.52 Å². The van der Waals surface area contributed by atoms with Gasteiger partial charge in [-0.25, -0.2) is 4.79 Å². The highest BCUT2D eigenvalue weighted by Gasteiger charge is 2.33. The number of anilines is 1. The molecular formula is C17H26N6O2. The summed E-state index contributed by atoms with van der Waals surface area (Å²) < 4.78 is 6.70. The lowest BCUT2D eigenvalue weighted by Gasteiger charge is -2.40. The number of aromatic nitrogens is 3. The minimum Gasteiger partial charge on any atom is -0.362 e. The number of rotatable bonds is 4. The highest BCUT2D eigenvalue weighted by atomic mass is 16.5. The normalized spacial score (nSPS) is 21.3. The zero-order chi connectivity index (χ0) is 18.0. The number of carbonyl (C=O) groups is 1. The maximum atomic E-state index is 12.5. The predicted molar refractivity (Wildman–Crippen MR) is 94.2 cm³/mol. The van der Waals surface area contributed by atoms with Gasteiger partial charge in [-0.3, -0.25) is 14.9 Å². The van der Waals surface area contributed by atoms with Crippen molar-refractivity contribution >= 4 is 11.8 Å². The van der Waals surface area contributed by atoms with E-state index >= 15 is 0 Å². The number of piperidine rings is 1. The van der Waals surface area contributed by atoms with Crippen molar-refractivity contribution in [3.8, 4) is 0 Å². The summed E-state index contributed by atoms with van der Waals surface area (Å²) in [5, 5.41) is 10.9. The third kappa shape index (κ3) is 3.84. The topological polar surface area (TPSA) is 79.4 Å². The number of nitrogens with zero attached hydrogens (tertiary/aromatic N) is 5. The van der Waals surface area contributed by atoms with E-state index in [9.17, 15) is 4.79 Å². The molecule has 2 amide bonds. The Kier molecular flexibility index (Phi) is 5.08. The van der Waals surface area contributed by atoms with Crippen molar-refractivity contribution in [2.75, 3.05) is 32.5 Å². The molecule has 0 spiro atoms. The third-order valence-corrected chi connectivity index (χ3v) is 4.90. The van der Waals surface area contributed by atoms with Gasteiger partial charge >= 0.3 is 6.03 Å². The van der Waals surface area contributed by atoms with E-state index in [1.54, 1.807) is 4.90 Å². The van der Waals surface area contributed by atoms with Crippen molar-refractivity contribution in [3.05, 3.63) is 29.8 Å². The molecule has 0 aliphatic carbocycles. The lowest BCUT2D eigenvalue weighted by molar-refractivity contribution is 0.101. The first-order chi connectivity index (χ1) is 12.0. The summed E-state index contributed by atoms with van der Waals surface area (Å²) in [5.41, 5.74) is 2.02. The number of likely N-dealkylation sites (tertiary alicyclic amines) is 1. The third-order valence-electron chi connectivity index (χ3n) is 4.90. The summed E-state index contributed by atoms with van der Waals surface area (Å²) in [6.45, 7) is 3.58. The largest absolute Gasteiger partial charge is 0.362 e. The van der Waals surface area contributed by atoms with Crippen LogP contribution in [0.4, 0.5) is 10.6 Å². The number of urea groups is 1. The van der Waals surface area contributed by atoms with Crippen LogP contribution in [-0.2, 0) is 7.05 Å². The van der Waals surface area contributed by atoms with Gasteiger partial charge in [0.2, 0.25) is 0 Å². The van der Waals surface area contributed by atoms with Crippen LogP contribution >= 0.6 is 0 Å². The number of carbonyl (C=O) groups excluding carboxylic acids is 1. The van der Waals surface area contributed by atoms with Gasteiger partial charge in [-0.1, -0.05) is 5.16 Å². The van der Waals surface area contributed by atoms with Gasteiger partial charge in [-0.15, -0.1) is 0 Å². The van der Waals surface area contributed by atoms with Gasteiger partial charge in [0.15, 0.2) is 5.82 Å². The predicted octanol–water partition coefficient (Wildman–Crippen LogP) is 2.26. The molecule has 136 valence electrons. The van der Waals surface area contributed by atoms with Crippen LogP contribution in [0.5, 0.6) is 0 Å². The van der Waals surface area contributed by atoms with Gasteiger partial charge in [0.25, 0.3) is 0 Å². The van der Waals surface area contributed by atoms with Crippen molar-refractivity contribution in [1.29, 1.82) is 0 Å². The number of aryl methyl sites for hydroxylation is 2. The monoisotopic (exact) mass is 346 g/mol. The van der Waals surface area contributed by atoms with Crippen molar-refractivity contribution in [2.24, 2.45) is 13.0 Å². The lowest BCUT2D eigenvalue weighted by atomic mass is 9.86. The summed E-state index contributed by atoms with van der Waals surface area (Å²) in [6, 6.07) is 0.0987. The zero-order valence-electron chi connectivity index (χ0n) is 15.3. The fourth-order valence-electron chi connectivity index (χ4n) is 3.61. The van der Waals surface area contributed by atoms with Crippen LogP contribution in [0.25, 0.3) is 0 Å². The van der Waals surface area contributed by atoms with Crippen LogP contribution in [0.2, 0.25) is 0 Å². The number of amides is 2. The van der Waals surface area contributed by atoms with Crippen LogP contribution in [-0.4, -0.2) is 58.0 Å². The Bertz CT molecular complexity index is 724. The second-order valence-corrected chi connectivity index (χ2v) is 6.93. The van der Waals surface area contributed by atoms with Crippen molar-refractivity contribution in [3.63, 3.8) is 0 Å². The molecule has 2 aromatic rings. The Labute approximate surface area is 147 Å². The Morgan fingerprint density at radius 2 is 2.28 bits per heavy atom. The molecule has 1 aliphatic rings. The Morgan fingerprint density at radius 3 is 2.92 bits per heavy atom. The molecule has 3 rings (SSSR count). The van der Waals surface area contributed by atoms with Gasteiger partial charge < -0.3 is 9.42 Å². The molecule has 8 heteroatoms. The summed E-state index contributed by atoms with van der Waals surface area (Å²) in [5.74, 6) is 0.832. The lowest BCUT2D eigenvalue weighted by Crippen LogP contribution is -2.43. The molecule has 1 aliphatic heterocycles. The summed E-state index contributed by atoms with van der Waals surface area (Å²) >= 11 is 0. The fourth-order valence-corrected chi connectivity index (χ4v) is 3.61. The first kappa shape index (κ1) is 17.5. The van der Waals surface area contributed by atoms with Crippen molar-refractivity contribution in [2.45, 2.75) is 25.8 Å². The van der Waals surface area contributed by atoms with Crippen LogP contribution in [0.1, 0.15) is 30.0 Å². The first-order valence-corrected chi connectivity index (χ1v) is 8.57. The van der Waals surface area contributed by atoms with Crippen LogP contribution in [0.15, 0.2) is 23.2 Å². The van der Waals surface area contributed by atoms with Crippen LogP contribution in [0.3, 0.4) is 0 Å². The molecule has 1 fully saturated rings. The van der Waals surface area contributed by atoms with E-state index in [0.29, 0.717) is 18.3 Å². The maximum Gasteiger partial charge on any atom is 0.322 e. The molecule has 3 heterocycles. The molecule has 0 unspecified atom stereocenters. The molecule has 0 aromatic carbocycles. The smallest absolute Gasteiger partial charge is 0.322 e. The summed E-state index contributed by atoms with van der Waals surface area (Å²) in [4.78, 5) is 16.6. The molecule has 0 radical (unpaired) electrons. The second-order valence-electron chi connectivity index (χ2n) is 6.93. The van der Waals surface area contributed by atoms with Gasteiger partial charge in [0.05, 0.1) is 6.20 Å². The van der Waals surface area contributed by atoms with Gasteiger partial charge in [-0.2, -0.15) is 5.10 Å². The average molecular weight is 346 g/mol. The van der Waals surface area contributed by atoms with Crippen molar-refractivity contribution < 1.29 is 9.32 Å². The minimum atomic E-state index is -0.171. The van der Waals surface area contributed by atoms with Crippen LogP contribution < -0.4 is 5.32 Å². The van der Waals surface area contributed by atoms with E-state index in [1.165, 1.54) is 11.8 Å².